The first-order valence-electron chi connectivity index (χ1n) is 11.7. The van der Waals surface area contributed by atoms with Gasteiger partial charge in [-0.3, -0.25) is 19.3 Å². The third-order valence-corrected chi connectivity index (χ3v) is 6.47. The molecule has 0 saturated carbocycles. The van der Waals surface area contributed by atoms with Crippen molar-refractivity contribution < 1.29 is 19.1 Å². The van der Waals surface area contributed by atoms with E-state index in [1.165, 1.54) is 4.90 Å². The number of nitrogens with one attached hydrogen (secondary N) is 1. The lowest BCUT2D eigenvalue weighted by Crippen LogP contribution is -2.63. The lowest BCUT2D eigenvalue weighted by atomic mass is 9.98. The number of ether oxygens (including phenoxy) is 1. The zero-order valence-corrected chi connectivity index (χ0v) is 19.3. The number of fused-ring (bicyclic) bond motifs is 3. The van der Waals surface area contributed by atoms with Crippen LogP contribution in [0.5, 0.6) is 5.75 Å². The number of benzene rings is 2. The average molecular weight is 450 g/mol. The SMILES string of the molecule is CCCCOc1ccc(CCNC(=O)CN2C(=O)c3ccccc3N3C(=O)CCC23C)cc1. The summed E-state index contributed by atoms with van der Waals surface area (Å²) in [6.45, 7) is 5.09. The molecule has 7 heteroatoms. The van der Waals surface area contributed by atoms with Crippen LogP contribution in [0.2, 0.25) is 0 Å². The Kier molecular flexibility index (Phi) is 6.67. The standard InChI is InChI=1S/C26H31N3O4/c1-3-4-17-33-20-11-9-19(10-12-20)14-16-27-23(30)18-28-25(32)21-7-5-6-8-22(21)29-24(31)13-15-26(28,29)2/h5-12H,3-4,13-18H2,1-2H3,(H,27,30). The molecule has 1 unspecified atom stereocenters. The van der Waals surface area contributed by atoms with Gasteiger partial charge in [-0.2, -0.15) is 0 Å². The first-order chi connectivity index (χ1) is 15.9. The summed E-state index contributed by atoms with van der Waals surface area (Å²) in [7, 11) is 0. The Morgan fingerprint density at radius 2 is 1.88 bits per heavy atom. The Morgan fingerprint density at radius 1 is 1.12 bits per heavy atom. The summed E-state index contributed by atoms with van der Waals surface area (Å²) < 4.78 is 5.68. The number of unbranched alkanes of at least 4 members (excludes halogenated alkanes) is 1. The van der Waals surface area contributed by atoms with E-state index in [-0.39, 0.29) is 24.3 Å². The van der Waals surface area contributed by atoms with Crippen LogP contribution in [0.25, 0.3) is 0 Å². The van der Waals surface area contributed by atoms with Crippen molar-refractivity contribution in [1.82, 2.24) is 10.2 Å². The van der Waals surface area contributed by atoms with Crippen LogP contribution in [0.15, 0.2) is 48.5 Å². The largest absolute Gasteiger partial charge is 0.494 e. The highest BCUT2D eigenvalue weighted by molar-refractivity contribution is 6.11. The smallest absolute Gasteiger partial charge is 0.258 e. The molecule has 1 fully saturated rings. The molecule has 2 aromatic carbocycles. The van der Waals surface area contributed by atoms with E-state index < -0.39 is 5.66 Å². The Morgan fingerprint density at radius 3 is 2.64 bits per heavy atom. The first kappa shape index (κ1) is 22.8. The van der Waals surface area contributed by atoms with Crippen molar-refractivity contribution in [2.75, 3.05) is 24.6 Å². The van der Waals surface area contributed by atoms with Crippen LogP contribution >= 0.6 is 0 Å². The summed E-state index contributed by atoms with van der Waals surface area (Å²) in [6, 6.07) is 15.0. The van der Waals surface area contributed by atoms with E-state index in [0.717, 1.165) is 24.2 Å². The fourth-order valence-corrected chi connectivity index (χ4v) is 4.57. The van der Waals surface area contributed by atoms with Crippen LogP contribution in [0.4, 0.5) is 5.69 Å². The fraction of sp³-hybridized carbons (Fsp3) is 0.423. The van der Waals surface area contributed by atoms with E-state index >= 15 is 0 Å². The normalized spacial score (nSPS) is 19.3. The molecule has 1 saturated heterocycles. The number of anilines is 1. The predicted molar refractivity (Wildman–Crippen MR) is 126 cm³/mol. The summed E-state index contributed by atoms with van der Waals surface area (Å²) in [5, 5.41) is 2.92. The van der Waals surface area contributed by atoms with Crippen LogP contribution in [0, 0.1) is 0 Å². The average Bonchev–Trinajstić information content (AvgIpc) is 3.13. The van der Waals surface area contributed by atoms with Gasteiger partial charge in [-0.15, -0.1) is 0 Å². The van der Waals surface area contributed by atoms with E-state index in [9.17, 15) is 14.4 Å². The van der Waals surface area contributed by atoms with Gasteiger partial charge in [-0.1, -0.05) is 37.6 Å². The molecule has 0 radical (unpaired) electrons. The lowest BCUT2D eigenvalue weighted by Gasteiger charge is -2.48. The maximum Gasteiger partial charge on any atom is 0.258 e. The maximum atomic E-state index is 13.2. The van der Waals surface area contributed by atoms with Crippen molar-refractivity contribution in [3.63, 3.8) is 0 Å². The number of carbonyl (C=O) groups is 3. The van der Waals surface area contributed by atoms with Gasteiger partial charge >= 0.3 is 0 Å². The number of para-hydroxylation sites is 1. The molecule has 2 aliphatic heterocycles. The van der Waals surface area contributed by atoms with Crippen molar-refractivity contribution in [2.24, 2.45) is 0 Å². The predicted octanol–water partition coefficient (Wildman–Crippen LogP) is 3.52. The second-order valence-corrected chi connectivity index (χ2v) is 8.80. The fourth-order valence-electron chi connectivity index (χ4n) is 4.57. The van der Waals surface area contributed by atoms with Crippen LogP contribution in [0.1, 0.15) is 55.5 Å². The molecule has 0 aliphatic carbocycles. The highest BCUT2D eigenvalue weighted by Crippen LogP contribution is 2.43. The van der Waals surface area contributed by atoms with Crippen LogP contribution in [-0.4, -0.2) is 48.0 Å². The Balaban J connectivity index is 1.35. The molecule has 0 spiro atoms. The second kappa shape index (κ2) is 9.65. The van der Waals surface area contributed by atoms with Gasteiger partial charge in [0.05, 0.1) is 17.9 Å². The Hall–Kier alpha value is -3.35. The highest BCUT2D eigenvalue weighted by Gasteiger charge is 2.53. The molecule has 7 nitrogen and oxygen atoms in total. The quantitative estimate of drug-likeness (QED) is 0.594. The molecule has 2 aromatic rings. The lowest BCUT2D eigenvalue weighted by molar-refractivity contribution is -0.123. The van der Waals surface area contributed by atoms with Crippen LogP contribution in [-0.2, 0) is 16.0 Å². The third kappa shape index (κ3) is 4.58. The molecule has 1 N–H and O–H groups in total. The van der Waals surface area contributed by atoms with Crippen LogP contribution < -0.4 is 15.0 Å². The summed E-state index contributed by atoms with van der Waals surface area (Å²) in [5.41, 5.74) is 1.36. The third-order valence-electron chi connectivity index (χ3n) is 6.47. The van der Waals surface area contributed by atoms with Gasteiger partial charge in [-0.05, 0) is 56.0 Å². The van der Waals surface area contributed by atoms with Gasteiger partial charge in [0.1, 0.15) is 18.0 Å². The number of hydrogen-bond donors (Lipinski definition) is 1. The summed E-state index contributed by atoms with van der Waals surface area (Å²) in [5.74, 6) is 0.379. The number of rotatable bonds is 9. The highest BCUT2D eigenvalue weighted by atomic mass is 16.5. The van der Waals surface area contributed by atoms with Crippen molar-refractivity contribution in [3.05, 3.63) is 59.7 Å². The van der Waals surface area contributed by atoms with Crippen molar-refractivity contribution in [3.8, 4) is 5.75 Å². The van der Waals surface area contributed by atoms with Crippen molar-refractivity contribution in [1.29, 1.82) is 0 Å². The molecule has 174 valence electrons. The number of carbonyl (C=O) groups excluding carboxylic acids is 3. The van der Waals surface area contributed by atoms with Gasteiger partial charge < -0.3 is 15.0 Å². The van der Waals surface area contributed by atoms with E-state index in [1.54, 1.807) is 23.1 Å². The van der Waals surface area contributed by atoms with Gasteiger partial charge in [-0.25, -0.2) is 0 Å². The van der Waals surface area contributed by atoms with E-state index in [1.807, 2.05) is 37.3 Å². The molecular formula is C26H31N3O4. The molecule has 2 aliphatic rings. The zero-order valence-electron chi connectivity index (χ0n) is 19.3. The molecule has 4 rings (SSSR count). The summed E-state index contributed by atoms with van der Waals surface area (Å²) >= 11 is 0. The van der Waals surface area contributed by atoms with Crippen LogP contribution in [0.3, 0.4) is 0 Å². The minimum atomic E-state index is -0.826. The molecule has 33 heavy (non-hydrogen) atoms. The zero-order chi connectivity index (χ0) is 23.4. The molecule has 0 bridgehead atoms. The van der Waals surface area contributed by atoms with E-state index in [4.69, 9.17) is 4.74 Å². The Bertz CT molecular complexity index is 1040. The summed E-state index contributed by atoms with van der Waals surface area (Å²) in [6.07, 6.45) is 3.67. The molecule has 3 amide bonds. The first-order valence-corrected chi connectivity index (χ1v) is 11.7. The topological polar surface area (TPSA) is 79.0 Å². The molecule has 1 atom stereocenters. The maximum absolute atomic E-state index is 13.2. The van der Waals surface area contributed by atoms with Crippen molar-refractivity contribution in [2.45, 2.75) is 51.6 Å². The number of amides is 3. The second-order valence-electron chi connectivity index (χ2n) is 8.80. The summed E-state index contributed by atoms with van der Waals surface area (Å²) in [4.78, 5) is 41.8. The molecule has 0 aromatic heterocycles. The molecule has 2 heterocycles. The van der Waals surface area contributed by atoms with Gasteiger partial charge in [0.25, 0.3) is 5.91 Å². The van der Waals surface area contributed by atoms with E-state index in [2.05, 4.69) is 12.2 Å². The van der Waals surface area contributed by atoms with Gasteiger partial charge in [0.2, 0.25) is 11.8 Å². The number of nitrogens with zero attached hydrogens (tertiary/aromatic N) is 2. The van der Waals surface area contributed by atoms with Gasteiger partial charge in [0.15, 0.2) is 0 Å². The number of hydrogen-bond acceptors (Lipinski definition) is 4. The minimum Gasteiger partial charge on any atom is -0.494 e. The molecular weight excluding hydrogens is 418 g/mol. The van der Waals surface area contributed by atoms with E-state index in [0.29, 0.717) is 43.7 Å². The Labute approximate surface area is 194 Å². The monoisotopic (exact) mass is 449 g/mol. The minimum absolute atomic E-state index is 0.0232. The van der Waals surface area contributed by atoms with Crippen molar-refractivity contribution >= 4 is 23.4 Å². The van der Waals surface area contributed by atoms with Gasteiger partial charge in [0, 0.05) is 13.0 Å².